The third-order valence-corrected chi connectivity index (χ3v) is 6.99. The average molecular weight is 502 g/mol. The zero-order valence-electron chi connectivity index (χ0n) is 17.1. The molecule has 2 aromatic carbocycles. The molecule has 1 fully saturated rings. The number of likely N-dealkylation sites (tertiary alicyclic amines) is 1. The van der Waals surface area contributed by atoms with Crippen LogP contribution in [0.25, 0.3) is 16.6 Å². The van der Waals surface area contributed by atoms with Crippen LogP contribution in [0.15, 0.2) is 64.0 Å². The lowest BCUT2D eigenvalue weighted by Crippen LogP contribution is -2.37. The van der Waals surface area contributed by atoms with Gasteiger partial charge in [0.2, 0.25) is 5.88 Å². The summed E-state index contributed by atoms with van der Waals surface area (Å²) < 4.78 is 3.67. The lowest BCUT2D eigenvalue weighted by Gasteiger charge is -2.27. The van der Waals surface area contributed by atoms with Crippen molar-refractivity contribution in [1.29, 1.82) is 5.26 Å². The van der Waals surface area contributed by atoms with Gasteiger partial charge in [0.15, 0.2) is 0 Å². The number of hydrogen-bond donors (Lipinski definition) is 1. The smallest absolute Gasteiger partial charge is 0.336 e. The lowest BCUT2D eigenvalue weighted by molar-refractivity contribution is 0.0711. The summed E-state index contributed by atoms with van der Waals surface area (Å²) in [5, 5.41) is 21.2. The second kappa shape index (κ2) is 7.05. The molecule has 9 heteroatoms. The van der Waals surface area contributed by atoms with Crippen LogP contribution in [0.5, 0.6) is 5.88 Å². The Kier molecular flexibility index (Phi) is 4.22. The summed E-state index contributed by atoms with van der Waals surface area (Å²) in [4.78, 5) is 32.7. The van der Waals surface area contributed by atoms with E-state index in [-0.39, 0.29) is 23.5 Å². The number of amides is 1. The predicted molar refractivity (Wildman–Crippen MR) is 123 cm³/mol. The van der Waals surface area contributed by atoms with E-state index in [9.17, 15) is 20.0 Å². The number of nitriles is 1. The molecular formula is C24H16BrN5O3. The highest BCUT2D eigenvalue weighted by atomic mass is 79.9. The van der Waals surface area contributed by atoms with Gasteiger partial charge < -0.3 is 10.0 Å². The fraction of sp³-hybridized carbons (Fsp3) is 0.167. The first-order chi connectivity index (χ1) is 16.0. The summed E-state index contributed by atoms with van der Waals surface area (Å²) in [7, 11) is 0. The van der Waals surface area contributed by atoms with Gasteiger partial charge in [-0.2, -0.15) is 5.26 Å². The highest BCUT2D eigenvalue weighted by molar-refractivity contribution is 9.10. The highest BCUT2D eigenvalue weighted by Gasteiger charge is 2.49. The Morgan fingerprint density at radius 2 is 2.06 bits per heavy atom. The highest BCUT2D eigenvalue weighted by Crippen LogP contribution is 2.49. The van der Waals surface area contributed by atoms with Crippen molar-refractivity contribution in [3.8, 4) is 17.6 Å². The molecule has 2 aliphatic heterocycles. The van der Waals surface area contributed by atoms with Crippen LogP contribution >= 0.6 is 15.9 Å². The first-order valence-electron chi connectivity index (χ1n) is 10.4. The number of benzene rings is 2. The second-order valence-corrected chi connectivity index (χ2v) is 9.13. The Morgan fingerprint density at radius 1 is 1.21 bits per heavy atom. The molecule has 4 aromatic rings. The number of nitrogens with zero attached hydrogens (tertiary/aromatic N) is 5. The van der Waals surface area contributed by atoms with Crippen molar-refractivity contribution < 1.29 is 9.90 Å². The van der Waals surface area contributed by atoms with Crippen LogP contribution in [0, 0.1) is 11.3 Å². The molecular weight excluding hydrogens is 486 g/mol. The molecule has 2 aliphatic rings. The van der Waals surface area contributed by atoms with E-state index in [0.29, 0.717) is 46.4 Å². The normalized spacial score (nSPS) is 18.5. The van der Waals surface area contributed by atoms with Crippen molar-refractivity contribution in [2.24, 2.45) is 0 Å². The van der Waals surface area contributed by atoms with E-state index >= 15 is 0 Å². The molecule has 2 bridgehead atoms. The molecule has 2 atom stereocenters. The number of fused-ring (bicyclic) bond motifs is 6. The van der Waals surface area contributed by atoms with E-state index in [1.54, 1.807) is 58.1 Å². The Bertz CT molecular complexity index is 1580. The number of aromatic nitrogens is 3. The van der Waals surface area contributed by atoms with Crippen LogP contribution < -0.4 is 5.69 Å². The topological polar surface area (TPSA) is 104 Å². The van der Waals surface area contributed by atoms with Gasteiger partial charge in [-0.3, -0.25) is 14.3 Å². The van der Waals surface area contributed by atoms with Crippen LogP contribution in [0.1, 0.15) is 40.1 Å². The van der Waals surface area contributed by atoms with Crippen molar-refractivity contribution >= 4 is 32.7 Å². The quantitative estimate of drug-likeness (QED) is 0.451. The summed E-state index contributed by atoms with van der Waals surface area (Å²) in [6, 6.07) is 15.4. The minimum atomic E-state index is -0.391. The van der Waals surface area contributed by atoms with Crippen LogP contribution in [0.3, 0.4) is 0 Å². The molecule has 4 heterocycles. The van der Waals surface area contributed by atoms with Gasteiger partial charge in [-0.15, -0.1) is 0 Å². The SMILES string of the molecule is N#Cc1ccc(-n2c(O)c3n(c2=O)C2CC3N(C(=O)c3cccc(Br)c3)C2)c2cccnc12. The number of imidazole rings is 1. The molecule has 0 radical (unpaired) electrons. The van der Waals surface area contributed by atoms with Crippen LogP contribution in [0.2, 0.25) is 0 Å². The molecule has 8 nitrogen and oxygen atoms in total. The number of pyridine rings is 1. The predicted octanol–water partition coefficient (Wildman–Crippen LogP) is 3.67. The summed E-state index contributed by atoms with van der Waals surface area (Å²) in [5.74, 6) is -0.322. The van der Waals surface area contributed by atoms with Crippen molar-refractivity contribution in [2.75, 3.05) is 6.54 Å². The lowest BCUT2D eigenvalue weighted by atomic mass is 10.1. The largest absolute Gasteiger partial charge is 0.493 e. The molecule has 0 saturated carbocycles. The van der Waals surface area contributed by atoms with Gasteiger partial charge in [-0.05, 0) is 48.9 Å². The van der Waals surface area contributed by atoms with Gasteiger partial charge >= 0.3 is 5.69 Å². The third kappa shape index (κ3) is 2.71. The summed E-state index contributed by atoms with van der Waals surface area (Å²) in [6.07, 6.45) is 2.18. The van der Waals surface area contributed by atoms with Gasteiger partial charge in [0.05, 0.1) is 28.9 Å². The van der Waals surface area contributed by atoms with Crippen molar-refractivity contribution in [1.82, 2.24) is 19.0 Å². The molecule has 1 N–H and O–H groups in total. The molecule has 0 spiro atoms. The van der Waals surface area contributed by atoms with Crippen molar-refractivity contribution in [3.63, 3.8) is 0 Å². The zero-order valence-corrected chi connectivity index (χ0v) is 18.7. The Labute approximate surface area is 196 Å². The number of rotatable bonds is 2. The number of hydrogen-bond acceptors (Lipinski definition) is 5. The van der Waals surface area contributed by atoms with Crippen LogP contribution in [0.4, 0.5) is 0 Å². The zero-order chi connectivity index (χ0) is 22.9. The summed E-state index contributed by atoms with van der Waals surface area (Å²) in [5.41, 5.74) is 1.93. The second-order valence-electron chi connectivity index (χ2n) is 8.21. The van der Waals surface area contributed by atoms with E-state index in [1.807, 2.05) is 6.07 Å². The summed E-state index contributed by atoms with van der Waals surface area (Å²) in [6.45, 7) is 0.405. The Morgan fingerprint density at radius 3 is 2.85 bits per heavy atom. The number of aromatic hydroxyl groups is 1. The Balaban J connectivity index is 1.48. The summed E-state index contributed by atoms with van der Waals surface area (Å²) >= 11 is 3.40. The average Bonchev–Trinajstić information content (AvgIpc) is 3.49. The van der Waals surface area contributed by atoms with Gasteiger partial charge in [-0.1, -0.05) is 22.0 Å². The fourth-order valence-electron chi connectivity index (χ4n) is 5.12. The minimum absolute atomic E-state index is 0.136. The van der Waals surface area contributed by atoms with E-state index in [4.69, 9.17) is 0 Å². The van der Waals surface area contributed by atoms with Gasteiger partial charge in [0.25, 0.3) is 5.91 Å². The molecule has 0 aliphatic carbocycles. The van der Waals surface area contributed by atoms with E-state index in [2.05, 4.69) is 27.0 Å². The first-order valence-corrected chi connectivity index (χ1v) is 11.2. The maximum atomic E-state index is 13.4. The molecule has 1 amide bonds. The van der Waals surface area contributed by atoms with Gasteiger partial charge in [0, 0.05) is 28.2 Å². The molecule has 1 saturated heterocycles. The molecule has 6 rings (SSSR count). The monoisotopic (exact) mass is 501 g/mol. The molecule has 2 aromatic heterocycles. The van der Waals surface area contributed by atoms with Crippen molar-refractivity contribution in [3.05, 3.63) is 86.5 Å². The van der Waals surface area contributed by atoms with E-state index < -0.39 is 6.04 Å². The number of halogens is 1. The van der Waals surface area contributed by atoms with Gasteiger partial charge in [0.1, 0.15) is 11.8 Å². The maximum Gasteiger partial charge on any atom is 0.336 e. The van der Waals surface area contributed by atoms with Gasteiger partial charge in [-0.25, -0.2) is 9.36 Å². The number of carbonyl (C=O) groups is 1. The molecule has 33 heavy (non-hydrogen) atoms. The third-order valence-electron chi connectivity index (χ3n) is 6.50. The first kappa shape index (κ1) is 19.8. The van der Waals surface area contributed by atoms with Crippen molar-refractivity contribution in [2.45, 2.75) is 18.5 Å². The molecule has 162 valence electrons. The van der Waals surface area contributed by atoms with E-state index in [0.717, 1.165) is 4.47 Å². The van der Waals surface area contributed by atoms with Crippen LogP contribution in [-0.4, -0.2) is 36.6 Å². The van der Waals surface area contributed by atoms with E-state index in [1.165, 1.54) is 4.57 Å². The fourth-order valence-corrected chi connectivity index (χ4v) is 5.52. The molecule has 2 unspecified atom stereocenters. The number of carbonyl (C=O) groups excluding carboxylic acids is 1. The van der Waals surface area contributed by atoms with Crippen LogP contribution in [-0.2, 0) is 0 Å². The standard InChI is InChI=1S/C24H16BrN5O3/c25-15-4-1-3-13(9-15)22(31)28-12-16-10-19(28)21-23(32)30(24(33)29(16)21)18-7-6-14(11-26)20-17(18)5-2-8-27-20/h1-9,16,19,32H,10,12H2. The maximum absolute atomic E-state index is 13.4. The minimum Gasteiger partial charge on any atom is -0.493 e. The Hall–Kier alpha value is -3.90.